The maximum atomic E-state index is 13.5. The van der Waals surface area contributed by atoms with Gasteiger partial charge in [0.05, 0.1) is 22.3 Å². The van der Waals surface area contributed by atoms with Crippen LogP contribution in [0.15, 0.2) is 54.9 Å². The van der Waals surface area contributed by atoms with E-state index in [1.165, 1.54) is 0 Å². The predicted octanol–water partition coefficient (Wildman–Crippen LogP) is 6.51. The normalized spacial score (nSPS) is 18.2. The molecule has 1 saturated heterocycles. The molecule has 4 aromatic rings. The summed E-state index contributed by atoms with van der Waals surface area (Å²) >= 11 is 0. The molecule has 0 radical (unpaired) electrons. The van der Waals surface area contributed by atoms with Crippen LogP contribution in [0.25, 0.3) is 22.0 Å². The summed E-state index contributed by atoms with van der Waals surface area (Å²) in [5.41, 5.74) is 4.25. The van der Waals surface area contributed by atoms with Crippen LogP contribution >= 0.6 is 0 Å². The average molecular weight is 586 g/mol. The first-order valence-electron chi connectivity index (χ1n) is 15.1. The summed E-state index contributed by atoms with van der Waals surface area (Å²) in [6.07, 6.45) is 10.3. The molecule has 2 fully saturated rings. The molecule has 0 spiro atoms. The molecule has 2 aromatic carbocycles. The van der Waals surface area contributed by atoms with E-state index in [1.54, 1.807) is 12.4 Å². The third-order valence-corrected chi connectivity index (χ3v) is 10.8. The zero-order valence-corrected chi connectivity index (χ0v) is 25.2. The van der Waals surface area contributed by atoms with Crippen LogP contribution in [-0.4, -0.2) is 47.8 Å². The van der Waals surface area contributed by atoms with E-state index in [0.717, 1.165) is 91.1 Å². The van der Waals surface area contributed by atoms with Crippen molar-refractivity contribution in [3.63, 3.8) is 0 Å². The molecule has 1 aliphatic carbocycles. The van der Waals surface area contributed by atoms with Crippen LogP contribution in [0, 0.1) is 13.8 Å². The van der Waals surface area contributed by atoms with Crippen LogP contribution < -0.4 is 15.4 Å². The summed E-state index contributed by atoms with van der Waals surface area (Å²) in [6.45, 7) is 5.92. The van der Waals surface area contributed by atoms with Gasteiger partial charge in [0.2, 0.25) is 11.8 Å². The minimum absolute atomic E-state index is 0.0470. The fourth-order valence-corrected chi connectivity index (χ4v) is 8.30. The lowest BCUT2D eigenvalue weighted by Crippen LogP contribution is -2.38. The second-order valence-electron chi connectivity index (χ2n) is 11.6. The predicted molar refractivity (Wildman–Crippen MR) is 168 cm³/mol. The monoisotopic (exact) mass is 585 g/mol. The zero-order chi connectivity index (χ0) is 29.1. The van der Waals surface area contributed by atoms with Crippen molar-refractivity contribution in [1.29, 1.82) is 0 Å². The van der Waals surface area contributed by atoms with Crippen LogP contribution in [0.5, 0.6) is 11.6 Å². The van der Waals surface area contributed by atoms with Crippen molar-refractivity contribution in [2.24, 2.45) is 0 Å². The Hall–Kier alpha value is -3.56. The van der Waals surface area contributed by atoms with Crippen molar-refractivity contribution in [3.05, 3.63) is 71.5 Å². The number of ether oxygens (including phenoxy) is 1. The number of aryl methyl sites for hydroxylation is 2. The van der Waals surface area contributed by atoms with Gasteiger partial charge in [0.1, 0.15) is 5.75 Å². The standard InChI is InChI=1S/C33H39N5O3S/c1-22-12-15-27-26(29(22)21-42(39,40)25-9-4-3-5-10-25)14-13-23(2)31(27)41-32-28(11-7-18-35-32)30-16-19-36-33(38-30)37-24-8-6-17-34-20-24/h7,11-16,18-19,24-25,34H,3-6,8-10,17,20-21H2,1-2H3,(H,36,37,38)/t24-/m0/s1. The second kappa shape index (κ2) is 12.4. The molecule has 0 amide bonds. The largest absolute Gasteiger partial charge is 0.437 e. The first-order valence-corrected chi connectivity index (χ1v) is 16.8. The van der Waals surface area contributed by atoms with E-state index in [-0.39, 0.29) is 17.0 Å². The molecule has 9 heteroatoms. The number of benzene rings is 2. The van der Waals surface area contributed by atoms with Gasteiger partial charge in [-0.15, -0.1) is 0 Å². The third kappa shape index (κ3) is 6.13. The van der Waals surface area contributed by atoms with Crippen LogP contribution in [0.2, 0.25) is 0 Å². The molecule has 8 nitrogen and oxygen atoms in total. The van der Waals surface area contributed by atoms with Crippen molar-refractivity contribution < 1.29 is 13.2 Å². The topological polar surface area (TPSA) is 106 Å². The summed E-state index contributed by atoms with van der Waals surface area (Å²) in [7, 11) is -3.27. The molecule has 1 aliphatic heterocycles. The second-order valence-corrected chi connectivity index (χ2v) is 13.9. The maximum Gasteiger partial charge on any atom is 0.228 e. The number of rotatable bonds is 8. The summed E-state index contributed by atoms with van der Waals surface area (Å²) in [5, 5.41) is 8.39. The minimum Gasteiger partial charge on any atom is -0.437 e. The van der Waals surface area contributed by atoms with E-state index < -0.39 is 9.84 Å². The highest BCUT2D eigenvalue weighted by Crippen LogP contribution is 2.39. The molecule has 2 aliphatic rings. The quantitative estimate of drug-likeness (QED) is 0.241. The average Bonchev–Trinajstić information content (AvgIpc) is 3.01. The number of fused-ring (bicyclic) bond motifs is 1. The van der Waals surface area contributed by atoms with Crippen molar-refractivity contribution in [2.75, 3.05) is 18.4 Å². The van der Waals surface area contributed by atoms with E-state index in [0.29, 0.717) is 23.3 Å². The van der Waals surface area contributed by atoms with Gasteiger partial charge < -0.3 is 15.4 Å². The Morgan fingerprint density at radius 1 is 0.905 bits per heavy atom. The SMILES string of the molecule is Cc1ccc2c(Oc3ncccc3-c3ccnc(N[C@H]4CCCNC4)n3)c(C)ccc2c1CS(=O)(=O)C1CCCCC1. The number of aromatic nitrogens is 3. The molecule has 2 N–H and O–H groups in total. The summed E-state index contributed by atoms with van der Waals surface area (Å²) in [4.78, 5) is 13.8. The molecule has 1 saturated carbocycles. The van der Waals surface area contributed by atoms with Crippen LogP contribution in [-0.2, 0) is 15.6 Å². The molecular weight excluding hydrogens is 546 g/mol. The Morgan fingerprint density at radius 3 is 2.52 bits per heavy atom. The molecular formula is C33H39N5O3S. The molecule has 0 bridgehead atoms. The number of sulfone groups is 1. The molecule has 3 heterocycles. The Morgan fingerprint density at radius 2 is 1.71 bits per heavy atom. The Bertz CT molecular complexity index is 1680. The Kier molecular flexibility index (Phi) is 8.40. The van der Waals surface area contributed by atoms with E-state index in [4.69, 9.17) is 9.72 Å². The van der Waals surface area contributed by atoms with Gasteiger partial charge in [0, 0.05) is 30.4 Å². The lowest BCUT2D eigenvalue weighted by atomic mass is 9.98. The smallest absolute Gasteiger partial charge is 0.228 e. The van der Waals surface area contributed by atoms with Crippen LogP contribution in [0.1, 0.15) is 61.6 Å². The van der Waals surface area contributed by atoms with Gasteiger partial charge in [-0.2, -0.15) is 0 Å². The van der Waals surface area contributed by atoms with E-state index in [9.17, 15) is 8.42 Å². The highest BCUT2D eigenvalue weighted by molar-refractivity contribution is 7.91. The van der Waals surface area contributed by atoms with E-state index in [1.807, 2.05) is 56.3 Å². The molecule has 42 heavy (non-hydrogen) atoms. The maximum absolute atomic E-state index is 13.5. The van der Waals surface area contributed by atoms with E-state index in [2.05, 4.69) is 20.6 Å². The molecule has 0 unspecified atom stereocenters. The number of piperidine rings is 1. The van der Waals surface area contributed by atoms with Gasteiger partial charge in [0.15, 0.2) is 9.84 Å². The lowest BCUT2D eigenvalue weighted by Gasteiger charge is -2.23. The number of anilines is 1. The van der Waals surface area contributed by atoms with Gasteiger partial charge in [-0.25, -0.2) is 23.4 Å². The fraction of sp³-hybridized carbons (Fsp3) is 0.424. The first-order chi connectivity index (χ1) is 20.4. The molecule has 6 rings (SSSR count). The van der Waals surface area contributed by atoms with Crippen molar-refractivity contribution >= 4 is 26.6 Å². The van der Waals surface area contributed by atoms with E-state index >= 15 is 0 Å². The number of pyridine rings is 1. The van der Waals surface area contributed by atoms with Gasteiger partial charge in [-0.1, -0.05) is 43.5 Å². The zero-order valence-electron chi connectivity index (χ0n) is 24.4. The van der Waals surface area contributed by atoms with Gasteiger partial charge in [-0.3, -0.25) is 0 Å². The highest BCUT2D eigenvalue weighted by atomic mass is 32.2. The summed E-state index contributed by atoms with van der Waals surface area (Å²) < 4.78 is 33.6. The molecule has 2 aromatic heterocycles. The van der Waals surface area contributed by atoms with Crippen molar-refractivity contribution in [3.8, 4) is 22.9 Å². The summed E-state index contributed by atoms with van der Waals surface area (Å²) in [6, 6.07) is 14.0. The van der Waals surface area contributed by atoms with Crippen molar-refractivity contribution in [1.82, 2.24) is 20.3 Å². The number of nitrogens with one attached hydrogen (secondary N) is 2. The Labute approximate surface area is 248 Å². The first kappa shape index (κ1) is 28.6. The minimum atomic E-state index is -3.27. The molecule has 220 valence electrons. The third-order valence-electron chi connectivity index (χ3n) is 8.63. The fourth-order valence-electron chi connectivity index (χ4n) is 6.23. The van der Waals surface area contributed by atoms with Gasteiger partial charge >= 0.3 is 0 Å². The van der Waals surface area contributed by atoms with Gasteiger partial charge in [-0.05, 0) is 86.4 Å². The van der Waals surface area contributed by atoms with Crippen molar-refractivity contribution in [2.45, 2.75) is 75.8 Å². The number of nitrogens with zero attached hydrogens (tertiary/aromatic N) is 3. The highest BCUT2D eigenvalue weighted by Gasteiger charge is 2.29. The van der Waals surface area contributed by atoms with Crippen LogP contribution in [0.3, 0.4) is 0 Å². The number of hydrogen-bond donors (Lipinski definition) is 2. The Balaban J connectivity index is 1.33. The van der Waals surface area contributed by atoms with Crippen LogP contribution in [0.4, 0.5) is 5.95 Å². The summed E-state index contributed by atoms with van der Waals surface area (Å²) in [5.74, 6) is 1.74. The number of hydrogen-bond acceptors (Lipinski definition) is 8. The van der Waals surface area contributed by atoms with Gasteiger partial charge in [0.25, 0.3) is 0 Å². The molecule has 1 atom stereocenters. The lowest BCUT2D eigenvalue weighted by molar-refractivity contribution is 0.466.